The summed E-state index contributed by atoms with van der Waals surface area (Å²) in [6, 6.07) is 7.62. The van der Waals surface area contributed by atoms with Crippen molar-refractivity contribution in [2.45, 2.75) is 32.9 Å². The molecule has 1 fully saturated rings. The van der Waals surface area contributed by atoms with Gasteiger partial charge in [-0.05, 0) is 45.5 Å². The third-order valence-corrected chi connectivity index (χ3v) is 4.33. The summed E-state index contributed by atoms with van der Waals surface area (Å²) < 4.78 is 5.41. The highest BCUT2D eigenvalue weighted by molar-refractivity contribution is 5.94. The zero-order valence-corrected chi connectivity index (χ0v) is 16.9. The largest absolute Gasteiger partial charge is 0.444 e. The zero-order valence-electron chi connectivity index (χ0n) is 16.9. The zero-order chi connectivity index (χ0) is 19.9. The second-order valence-electron chi connectivity index (χ2n) is 7.79. The smallest absolute Gasteiger partial charge is 0.410 e. The molecule has 7 heteroatoms. The summed E-state index contributed by atoms with van der Waals surface area (Å²) in [5, 5.41) is 6.05. The van der Waals surface area contributed by atoms with Gasteiger partial charge in [-0.1, -0.05) is 12.1 Å². The van der Waals surface area contributed by atoms with Crippen molar-refractivity contribution in [2.24, 2.45) is 0 Å². The van der Waals surface area contributed by atoms with Crippen LogP contribution in [0, 0.1) is 0 Å². The molecule has 0 atom stereocenters. The maximum atomic E-state index is 12.2. The quantitative estimate of drug-likeness (QED) is 0.790. The number of carbonyl (C=O) groups is 2. The van der Waals surface area contributed by atoms with Crippen LogP contribution in [0.1, 0.15) is 36.7 Å². The monoisotopic (exact) mass is 376 g/mol. The van der Waals surface area contributed by atoms with Gasteiger partial charge < -0.3 is 20.3 Å². The van der Waals surface area contributed by atoms with E-state index in [4.69, 9.17) is 4.74 Å². The summed E-state index contributed by atoms with van der Waals surface area (Å²) in [6.45, 7) is 10.6. The Labute approximate surface area is 162 Å². The molecule has 2 amide bonds. The SMILES string of the molecule is CNCc1ccc(C(=O)NCCN2CCN(C(=O)OC(C)(C)C)CC2)cc1. The van der Waals surface area contributed by atoms with Crippen LogP contribution in [0.5, 0.6) is 0 Å². The maximum Gasteiger partial charge on any atom is 0.410 e. The first-order valence-electron chi connectivity index (χ1n) is 9.50. The minimum atomic E-state index is -0.468. The summed E-state index contributed by atoms with van der Waals surface area (Å²) in [7, 11) is 1.90. The Bertz CT molecular complexity index is 617. The van der Waals surface area contributed by atoms with Crippen LogP contribution in [-0.4, -0.2) is 73.7 Å². The fourth-order valence-electron chi connectivity index (χ4n) is 2.89. The average Bonchev–Trinajstić information content (AvgIpc) is 2.61. The molecule has 0 spiro atoms. The van der Waals surface area contributed by atoms with E-state index in [9.17, 15) is 9.59 Å². The van der Waals surface area contributed by atoms with Gasteiger partial charge in [-0.3, -0.25) is 9.69 Å². The number of nitrogens with one attached hydrogen (secondary N) is 2. The fourth-order valence-corrected chi connectivity index (χ4v) is 2.89. The summed E-state index contributed by atoms with van der Waals surface area (Å²) in [5.41, 5.74) is 1.35. The second kappa shape index (κ2) is 9.71. The normalized spacial score (nSPS) is 15.5. The molecule has 1 heterocycles. The van der Waals surface area contributed by atoms with Crippen molar-refractivity contribution in [1.82, 2.24) is 20.4 Å². The van der Waals surface area contributed by atoms with Gasteiger partial charge in [0, 0.05) is 51.4 Å². The summed E-state index contributed by atoms with van der Waals surface area (Å²) in [6.07, 6.45) is -0.253. The Morgan fingerprint density at radius 1 is 1.07 bits per heavy atom. The van der Waals surface area contributed by atoms with Crippen molar-refractivity contribution < 1.29 is 14.3 Å². The lowest BCUT2D eigenvalue weighted by Crippen LogP contribution is -2.51. The lowest BCUT2D eigenvalue weighted by molar-refractivity contribution is 0.0147. The van der Waals surface area contributed by atoms with Crippen LogP contribution >= 0.6 is 0 Å². The highest BCUT2D eigenvalue weighted by Gasteiger charge is 2.25. The van der Waals surface area contributed by atoms with Gasteiger partial charge >= 0.3 is 6.09 Å². The molecule has 27 heavy (non-hydrogen) atoms. The van der Waals surface area contributed by atoms with Crippen LogP contribution in [0.25, 0.3) is 0 Å². The highest BCUT2D eigenvalue weighted by atomic mass is 16.6. The van der Waals surface area contributed by atoms with Gasteiger partial charge in [0.25, 0.3) is 5.91 Å². The molecule has 2 rings (SSSR count). The molecule has 1 aliphatic heterocycles. The van der Waals surface area contributed by atoms with E-state index in [2.05, 4.69) is 15.5 Å². The van der Waals surface area contributed by atoms with Crippen LogP contribution < -0.4 is 10.6 Å². The van der Waals surface area contributed by atoms with E-state index in [0.29, 0.717) is 25.2 Å². The molecular formula is C20H32N4O3. The summed E-state index contributed by atoms with van der Waals surface area (Å²) in [5.74, 6) is -0.0570. The number of nitrogens with zero attached hydrogens (tertiary/aromatic N) is 2. The number of benzene rings is 1. The Balaban J connectivity index is 1.68. The van der Waals surface area contributed by atoms with Gasteiger partial charge in [-0.25, -0.2) is 4.79 Å². The molecule has 0 aliphatic carbocycles. The standard InChI is InChI=1S/C20H32N4O3/c1-20(2,3)27-19(26)24-13-11-23(12-14-24)10-9-22-18(25)17-7-5-16(6-8-17)15-21-4/h5-8,21H,9-15H2,1-4H3,(H,22,25). The summed E-state index contributed by atoms with van der Waals surface area (Å²) in [4.78, 5) is 28.3. The molecule has 2 N–H and O–H groups in total. The third kappa shape index (κ3) is 7.19. The van der Waals surface area contributed by atoms with E-state index < -0.39 is 5.60 Å². The van der Waals surface area contributed by atoms with E-state index >= 15 is 0 Å². The number of carbonyl (C=O) groups excluding carboxylic acids is 2. The third-order valence-electron chi connectivity index (χ3n) is 4.33. The molecule has 0 unspecified atom stereocenters. The van der Waals surface area contributed by atoms with Crippen LogP contribution in [0.2, 0.25) is 0 Å². The molecule has 1 aromatic carbocycles. The van der Waals surface area contributed by atoms with E-state index in [1.54, 1.807) is 4.90 Å². The molecule has 0 aromatic heterocycles. The number of amides is 2. The molecule has 0 saturated carbocycles. The maximum absolute atomic E-state index is 12.2. The molecular weight excluding hydrogens is 344 g/mol. The molecule has 7 nitrogen and oxygen atoms in total. The van der Waals surface area contributed by atoms with Crippen molar-refractivity contribution in [3.8, 4) is 0 Å². The second-order valence-corrected chi connectivity index (χ2v) is 7.79. The Kier molecular flexibility index (Phi) is 7.62. The minimum absolute atomic E-state index is 0.0570. The number of hydrogen-bond donors (Lipinski definition) is 2. The van der Waals surface area contributed by atoms with Gasteiger partial charge in [-0.2, -0.15) is 0 Å². The van der Waals surface area contributed by atoms with Crippen molar-refractivity contribution in [3.05, 3.63) is 35.4 Å². The van der Waals surface area contributed by atoms with Gasteiger partial charge in [0.2, 0.25) is 0 Å². The lowest BCUT2D eigenvalue weighted by Gasteiger charge is -2.35. The van der Waals surface area contributed by atoms with Crippen LogP contribution in [-0.2, 0) is 11.3 Å². The number of hydrogen-bond acceptors (Lipinski definition) is 5. The molecule has 1 aromatic rings. The van der Waals surface area contributed by atoms with Gasteiger partial charge in [-0.15, -0.1) is 0 Å². The van der Waals surface area contributed by atoms with Crippen LogP contribution in [0.4, 0.5) is 4.79 Å². The average molecular weight is 377 g/mol. The topological polar surface area (TPSA) is 73.9 Å². The van der Waals surface area contributed by atoms with E-state index in [0.717, 1.165) is 31.7 Å². The number of piperazine rings is 1. The van der Waals surface area contributed by atoms with Crippen molar-refractivity contribution >= 4 is 12.0 Å². The molecule has 1 aliphatic rings. The molecule has 0 bridgehead atoms. The number of ether oxygens (including phenoxy) is 1. The Morgan fingerprint density at radius 2 is 1.70 bits per heavy atom. The fraction of sp³-hybridized carbons (Fsp3) is 0.600. The van der Waals surface area contributed by atoms with Crippen LogP contribution in [0.3, 0.4) is 0 Å². The minimum Gasteiger partial charge on any atom is -0.444 e. The van der Waals surface area contributed by atoms with E-state index in [1.165, 1.54) is 0 Å². The Hall–Kier alpha value is -2.12. The van der Waals surface area contributed by atoms with Crippen molar-refractivity contribution in [1.29, 1.82) is 0 Å². The van der Waals surface area contributed by atoms with Crippen molar-refractivity contribution in [2.75, 3.05) is 46.3 Å². The van der Waals surface area contributed by atoms with E-state index in [-0.39, 0.29) is 12.0 Å². The Morgan fingerprint density at radius 3 is 2.26 bits per heavy atom. The summed E-state index contributed by atoms with van der Waals surface area (Å²) >= 11 is 0. The first kappa shape index (κ1) is 21.2. The van der Waals surface area contributed by atoms with Gasteiger partial charge in [0.1, 0.15) is 5.60 Å². The first-order chi connectivity index (χ1) is 12.8. The predicted molar refractivity (Wildman–Crippen MR) is 106 cm³/mol. The molecule has 0 radical (unpaired) electrons. The molecule has 150 valence electrons. The van der Waals surface area contributed by atoms with E-state index in [1.807, 2.05) is 52.1 Å². The predicted octanol–water partition coefficient (Wildman–Crippen LogP) is 1.69. The number of rotatable bonds is 6. The highest BCUT2D eigenvalue weighted by Crippen LogP contribution is 2.11. The van der Waals surface area contributed by atoms with Crippen LogP contribution in [0.15, 0.2) is 24.3 Å². The van der Waals surface area contributed by atoms with Gasteiger partial charge in [0.05, 0.1) is 0 Å². The first-order valence-corrected chi connectivity index (χ1v) is 9.50. The lowest BCUT2D eigenvalue weighted by atomic mass is 10.1. The van der Waals surface area contributed by atoms with Crippen molar-refractivity contribution in [3.63, 3.8) is 0 Å². The molecule has 1 saturated heterocycles. The van der Waals surface area contributed by atoms with Gasteiger partial charge in [0.15, 0.2) is 0 Å².